The van der Waals surface area contributed by atoms with Crippen molar-refractivity contribution in [2.45, 2.75) is 122 Å². The molecule has 4 aliphatic rings. The molecule has 2 aliphatic carbocycles. The first-order valence-corrected chi connectivity index (χ1v) is 16.9. The van der Waals surface area contributed by atoms with Crippen LogP contribution in [0.2, 0.25) is 0 Å². The quantitative estimate of drug-likeness (QED) is 0.371. The highest BCUT2D eigenvalue weighted by molar-refractivity contribution is 5.91. The van der Waals surface area contributed by atoms with E-state index in [1.54, 1.807) is 9.58 Å². The number of ether oxygens (including phenoxy) is 2. The van der Waals surface area contributed by atoms with Gasteiger partial charge in [0, 0.05) is 48.8 Å². The fraction of sp³-hybridized carbons (Fsp3) is 0.647. The standard InChI is InChI=1S/C34H45N7O5/c1-21(25-11-9-16-39(25)5)44-28-18-27(41-20-22-19-40(17-13-24(22)37-41)32(43)45-33(2,3)4)35-31(36-28)29-23-10-8-15-34(30(23)46-38-29)14-7-6-12-26(34)42/h18,20-21,25H,6-17,19H2,1-5H3/t21-,25-,34+/m0/s1. The number of carbonyl (C=O) groups excluding carboxylic acids is 2. The van der Waals surface area contributed by atoms with E-state index in [0.29, 0.717) is 54.9 Å². The van der Waals surface area contributed by atoms with E-state index in [2.05, 4.69) is 24.0 Å². The molecule has 3 atom stereocenters. The van der Waals surface area contributed by atoms with Crippen molar-refractivity contribution in [1.82, 2.24) is 34.7 Å². The van der Waals surface area contributed by atoms with Gasteiger partial charge in [0.15, 0.2) is 23.1 Å². The zero-order valence-electron chi connectivity index (χ0n) is 27.7. The molecule has 1 saturated carbocycles. The first-order chi connectivity index (χ1) is 22.0. The second-order valence-electron chi connectivity index (χ2n) is 14.5. The van der Waals surface area contributed by atoms with Crippen LogP contribution < -0.4 is 4.74 Å². The number of hydrogen-bond acceptors (Lipinski definition) is 10. The number of Topliss-reactive ketones (excluding diaryl/α,β-unsaturated/α-hetero) is 1. The Morgan fingerprint density at radius 3 is 2.67 bits per heavy atom. The summed E-state index contributed by atoms with van der Waals surface area (Å²) >= 11 is 0. The number of carbonyl (C=O) groups is 2. The molecule has 12 nitrogen and oxygen atoms in total. The maximum absolute atomic E-state index is 13.3. The summed E-state index contributed by atoms with van der Waals surface area (Å²) in [4.78, 5) is 40.0. The molecular formula is C34H45N7O5. The minimum Gasteiger partial charge on any atom is -0.473 e. The molecule has 2 fully saturated rings. The van der Waals surface area contributed by atoms with Crippen LogP contribution in [0.3, 0.4) is 0 Å². The van der Waals surface area contributed by atoms with E-state index < -0.39 is 11.0 Å². The summed E-state index contributed by atoms with van der Waals surface area (Å²) in [6, 6.07) is 2.10. The summed E-state index contributed by atoms with van der Waals surface area (Å²) in [6.07, 6.45) is 10.1. The molecule has 5 heterocycles. The molecular weight excluding hydrogens is 586 g/mol. The molecule has 3 aromatic rings. The van der Waals surface area contributed by atoms with Gasteiger partial charge < -0.3 is 18.9 Å². The average Bonchev–Trinajstić information content (AvgIpc) is 3.76. The zero-order valence-corrected chi connectivity index (χ0v) is 27.7. The Morgan fingerprint density at radius 1 is 1.09 bits per heavy atom. The normalized spacial score (nSPS) is 24.2. The van der Waals surface area contributed by atoms with Crippen molar-refractivity contribution in [1.29, 1.82) is 0 Å². The summed E-state index contributed by atoms with van der Waals surface area (Å²) in [7, 11) is 2.13. The lowest BCUT2D eigenvalue weighted by Gasteiger charge is -2.36. The lowest BCUT2D eigenvalue weighted by molar-refractivity contribution is -0.128. The third-order valence-electron chi connectivity index (χ3n) is 10.1. The number of amides is 1. The van der Waals surface area contributed by atoms with Crippen LogP contribution in [-0.4, -0.2) is 84.5 Å². The highest BCUT2D eigenvalue weighted by Gasteiger charge is 2.48. The molecule has 3 aromatic heterocycles. The van der Waals surface area contributed by atoms with Gasteiger partial charge in [-0.1, -0.05) is 11.6 Å². The van der Waals surface area contributed by atoms with Gasteiger partial charge in [0.25, 0.3) is 0 Å². The Balaban J connectivity index is 1.25. The largest absolute Gasteiger partial charge is 0.473 e. The van der Waals surface area contributed by atoms with Gasteiger partial charge in [-0.3, -0.25) is 9.69 Å². The van der Waals surface area contributed by atoms with Gasteiger partial charge in [-0.2, -0.15) is 10.1 Å². The molecule has 7 rings (SSSR count). The summed E-state index contributed by atoms with van der Waals surface area (Å²) < 4.78 is 19.9. The molecule has 0 radical (unpaired) electrons. The number of likely N-dealkylation sites (tertiary alicyclic amines) is 1. The van der Waals surface area contributed by atoms with Crippen LogP contribution in [0, 0.1) is 0 Å². The Kier molecular flexibility index (Phi) is 7.89. The van der Waals surface area contributed by atoms with Gasteiger partial charge in [-0.05, 0) is 86.2 Å². The predicted molar refractivity (Wildman–Crippen MR) is 169 cm³/mol. The third kappa shape index (κ3) is 5.69. The Morgan fingerprint density at radius 2 is 1.91 bits per heavy atom. The predicted octanol–water partition coefficient (Wildman–Crippen LogP) is 5.19. The number of aromatic nitrogens is 5. The van der Waals surface area contributed by atoms with E-state index in [9.17, 15) is 9.59 Å². The molecule has 0 unspecified atom stereocenters. The van der Waals surface area contributed by atoms with E-state index in [1.165, 1.54) is 0 Å². The molecule has 246 valence electrons. The molecule has 0 N–H and O–H groups in total. The summed E-state index contributed by atoms with van der Waals surface area (Å²) in [6.45, 7) is 9.68. The van der Waals surface area contributed by atoms with Crippen LogP contribution in [0.15, 0.2) is 16.8 Å². The van der Waals surface area contributed by atoms with Crippen molar-refractivity contribution in [3.63, 3.8) is 0 Å². The fourth-order valence-corrected chi connectivity index (χ4v) is 7.78. The highest BCUT2D eigenvalue weighted by atomic mass is 16.6. The van der Waals surface area contributed by atoms with Crippen molar-refractivity contribution in [2.24, 2.45) is 0 Å². The smallest absolute Gasteiger partial charge is 0.410 e. The lowest BCUT2D eigenvalue weighted by atomic mass is 9.64. The topological polar surface area (TPSA) is 129 Å². The van der Waals surface area contributed by atoms with E-state index in [0.717, 1.165) is 74.7 Å². The average molecular weight is 632 g/mol. The van der Waals surface area contributed by atoms with Crippen molar-refractivity contribution in [3.05, 3.63) is 34.8 Å². The number of nitrogens with zero attached hydrogens (tertiary/aromatic N) is 7. The van der Waals surface area contributed by atoms with E-state index in [1.807, 2.05) is 33.0 Å². The van der Waals surface area contributed by atoms with Gasteiger partial charge in [-0.25, -0.2) is 14.5 Å². The molecule has 12 heteroatoms. The number of rotatable bonds is 5. The van der Waals surface area contributed by atoms with Crippen molar-refractivity contribution >= 4 is 11.9 Å². The maximum Gasteiger partial charge on any atom is 0.410 e. The Bertz CT molecular complexity index is 1640. The molecule has 46 heavy (non-hydrogen) atoms. The summed E-state index contributed by atoms with van der Waals surface area (Å²) in [5, 5.41) is 9.40. The van der Waals surface area contributed by atoms with E-state index >= 15 is 0 Å². The fourth-order valence-electron chi connectivity index (χ4n) is 7.78. The minimum atomic E-state index is -0.587. The maximum atomic E-state index is 13.3. The molecule has 1 spiro atoms. The Labute approximate surface area is 269 Å². The zero-order chi connectivity index (χ0) is 32.2. The second-order valence-corrected chi connectivity index (χ2v) is 14.5. The Hall–Kier alpha value is -3.80. The number of ketones is 1. The molecule has 0 aromatic carbocycles. The summed E-state index contributed by atoms with van der Waals surface area (Å²) in [5.41, 5.74) is 2.21. The molecule has 0 bridgehead atoms. The van der Waals surface area contributed by atoms with E-state index in [-0.39, 0.29) is 24.0 Å². The molecule has 1 saturated heterocycles. The monoisotopic (exact) mass is 631 g/mol. The van der Waals surface area contributed by atoms with Gasteiger partial charge in [-0.15, -0.1) is 0 Å². The molecule has 2 aliphatic heterocycles. The van der Waals surface area contributed by atoms with Crippen molar-refractivity contribution < 1.29 is 23.6 Å². The second kappa shape index (κ2) is 11.8. The highest BCUT2D eigenvalue weighted by Crippen LogP contribution is 2.47. The SMILES string of the molecule is C[C@H](Oc1cc(-n2cc3c(n2)CCN(C(=O)OC(C)(C)C)C3)nc(-c2noc3c2CCC[C@@]32CCCCC2=O)n1)[C@@H]1CCCN1C. The first kappa shape index (κ1) is 30.8. The van der Waals surface area contributed by atoms with Crippen molar-refractivity contribution in [3.8, 4) is 23.2 Å². The van der Waals surface area contributed by atoms with Crippen LogP contribution in [0.25, 0.3) is 17.3 Å². The van der Waals surface area contributed by atoms with Gasteiger partial charge in [0.1, 0.15) is 17.5 Å². The first-order valence-electron chi connectivity index (χ1n) is 16.9. The van der Waals surface area contributed by atoms with Crippen molar-refractivity contribution in [2.75, 3.05) is 20.1 Å². The number of fused-ring (bicyclic) bond motifs is 3. The number of likely N-dealkylation sites (N-methyl/N-ethyl adjacent to an activating group) is 1. The van der Waals surface area contributed by atoms with Gasteiger partial charge in [0.05, 0.1) is 17.7 Å². The van der Waals surface area contributed by atoms with Crippen LogP contribution in [-0.2, 0) is 34.3 Å². The van der Waals surface area contributed by atoms with Crippen LogP contribution in [0.5, 0.6) is 5.88 Å². The third-order valence-corrected chi connectivity index (χ3v) is 10.1. The number of hydrogen-bond donors (Lipinski definition) is 0. The van der Waals surface area contributed by atoms with Crippen LogP contribution in [0.1, 0.15) is 102 Å². The minimum absolute atomic E-state index is 0.0920. The van der Waals surface area contributed by atoms with Crippen LogP contribution in [0.4, 0.5) is 4.79 Å². The molecule has 1 amide bonds. The lowest BCUT2D eigenvalue weighted by Crippen LogP contribution is -2.41. The van der Waals surface area contributed by atoms with Gasteiger partial charge >= 0.3 is 6.09 Å². The van der Waals surface area contributed by atoms with Gasteiger partial charge in [0.2, 0.25) is 5.88 Å². The summed E-state index contributed by atoms with van der Waals surface area (Å²) in [5.74, 6) is 2.34. The van der Waals surface area contributed by atoms with Crippen LogP contribution >= 0.6 is 0 Å². The van der Waals surface area contributed by atoms with E-state index in [4.69, 9.17) is 29.1 Å².